The lowest BCUT2D eigenvalue weighted by molar-refractivity contribution is -0.153. The predicted octanol–water partition coefficient (Wildman–Crippen LogP) is -0.662. The second-order valence-corrected chi connectivity index (χ2v) is 1.67. The minimum Gasteiger partial charge on any atom is -0.460 e. The van der Waals surface area contributed by atoms with Gasteiger partial charge in [0.2, 0.25) is 0 Å². The Bertz CT molecular complexity index is 117. The highest BCUT2D eigenvalue weighted by Gasteiger charge is 2.11. The normalized spacial score (nSPS) is 9.00. The first-order chi connectivity index (χ1) is 4.72. The highest BCUT2D eigenvalue weighted by molar-refractivity contribution is 6.34. The number of carbonyl (C=O) groups is 2. The molecule has 0 aromatic carbocycles. The van der Waals surface area contributed by atoms with Gasteiger partial charge in [-0.05, 0) is 14.0 Å². The Morgan fingerprint density at radius 3 is 2.50 bits per heavy atom. The van der Waals surface area contributed by atoms with Crippen molar-refractivity contribution in [3.63, 3.8) is 0 Å². The second kappa shape index (κ2) is 4.93. The minimum absolute atomic E-state index is 0.0405. The molecule has 10 heavy (non-hydrogen) atoms. The summed E-state index contributed by atoms with van der Waals surface area (Å²) < 4.78 is 4.43. The van der Waals surface area contributed by atoms with E-state index >= 15 is 0 Å². The van der Waals surface area contributed by atoms with Crippen LogP contribution in [-0.2, 0) is 14.3 Å². The zero-order valence-corrected chi connectivity index (χ0v) is 6.14. The molecule has 0 saturated carbocycles. The fourth-order valence-electron chi connectivity index (χ4n) is 0.444. The Hall–Kier alpha value is -0.900. The van der Waals surface area contributed by atoms with Gasteiger partial charge in [-0.2, -0.15) is 0 Å². The van der Waals surface area contributed by atoms with Crippen molar-refractivity contribution in [2.45, 2.75) is 6.92 Å². The molecule has 0 atom stereocenters. The lowest BCUT2D eigenvalue weighted by Gasteiger charge is -1.98. The molecule has 0 fully saturated rings. The average molecular weight is 145 g/mol. The third kappa shape index (κ3) is 3.19. The van der Waals surface area contributed by atoms with Gasteiger partial charge in [0.1, 0.15) is 0 Å². The molecule has 0 amide bonds. The van der Waals surface area contributed by atoms with Crippen LogP contribution < -0.4 is 5.32 Å². The summed E-state index contributed by atoms with van der Waals surface area (Å²) in [7, 11) is 1.59. The maximum atomic E-state index is 10.6. The number of hydrogen-bond donors (Lipinski definition) is 1. The highest BCUT2D eigenvalue weighted by Crippen LogP contribution is 1.78. The quantitative estimate of drug-likeness (QED) is 0.421. The Morgan fingerprint density at radius 2 is 2.10 bits per heavy atom. The molecule has 0 saturated heterocycles. The summed E-state index contributed by atoms with van der Waals surface area (Å²) in [6.07, 6.45) is 0. The van der Waals surface area contributed by atoms with Crippen molar-refractivity contribution in [3.8, 4) is 0 Å². The van der Waals surface area contributed by atoms with Crippen molar-refractivity contribution in [3.05, 3.63) is 0 Å². The van der Waals surface area contributed by atoms with Crippen molar-refractivity contribution in [2.75, 3.05) is 20.2 Å². The third-order valence-electron chi connectivity index (χ3n) is 0.840. The number of carbonyl (C=O) groups excluding carboxylic acids is 2. The minimum atomic E-state index is -0.767. The number of likely N-dealkylation sites (N-methyl/N-ethyl adjacent to an activating group) is 1. The van der Waals surface area contributed by atoms with Crippen LogP contribution in [0, 0.1) is 0 Å². The maximum absolute atomic E-state index is 10.6. The third-order valence-corrected chi connectivity index (χ3v) is 0.840. The summed E-state index contributed by atoms with van der Waals surface area (Å²) in [5.74, 6) is -1.30. The number of rotatable bonds is 4. The number of Topliss-reactive ketones (excluding diaryl/α,β-unsaturated/α-hetero) is 1. The largest absolute Gasteiger partial charge is 0.460 e. The van der Waals surface area contributed by atoms with E-state index in [0.29, 0.717) is 0 Å². The van der Waals surface area contributed by atoms with E-state index in [-0.39, 0.29) is 13.2 Å². The topological polar surface area (TPSA) is 55.4 Å². The Morgan fingerprint density at radius 1 is 1.50 bits per heavy atom. The molecule has 0 heterocycles. The number of ether oxygens (including phenoxy) is 1. The van der Waals surface area contributed by atoms with Crippen molar-refractivity contribution >= 4 is 11.8 Å². The molecular weight excluding hydrogens is 134 g/mol. The smallest absolute Gasteiger partial charge is 0.375 e. The summed E-state index contributed by atoms with van der Waals surface area (Å²) in [6, 6.07) is 0. The van der Waals surface area contributed by atoms with Crippen LogP contribution in [0.25, 0.3) is 0 Å². The van der Waals surface area contributed by atoms with Gasteiger partial charge < -0.3 is 10.1 Å². The lowest BCUT2D eigenvalue weighted by Crippen LogP contribution is -2.27. The zero-order valence-electron chi connectivity index (χ0n) is 6.14. The molecule has 0 rings (SSSR count). The molecule has 0 aromatic rings. The molecule has 0 bridgehead atoms. The predicted molar refractivity (Wildman–Crippen MR) is 35.6 cm³/mol. The Balaban J connectivity index is 3.60. The van der Waals surface area contributed by atoms with Crippen LogP contribution in [0.15, 0.2) is 0 Å². The van der Waals surface area contributed by atoms with Gasteiger partial charge in [-0.1, -0.05) is 0 Å². The number of hydrogen-bond acceptors (Lipinski definition) is 4. The first-order valence-electron chi connectivity index (χ1n) is 3.07. The fourth-order valence-corrected chi connectivity index (χ4v) is 0.444. The number of nitrogens with one attached hydrogen (secondary N) is 1. The highest BCUT2D eigenvalue weighted by atomic mass is 16.5. The van der Waals surface area contributed by atoms with Gasteiger partial charge in [0.25, 0.3) is 5.78 Å². The van der Waals surface area contributed by atoms with Crippen molar-refractivity contribution in [1.29, 1.82) is 0 Å². The maximum Gasteiger partial charge on any atom is 0.375 e. The molecular formula is C6H11NO3. The molecule has 4 nitrogen and oxygen atoms in total. The van der Waals surface area contributed by atoms with Crippen LogP contribution in [0.2, 0.25) is 0 Å². The van der Waals surface area contributed by atoms with Crippen molar-refractivity contribution in [2.24, 2.45) is 0 Å². The fraction of sp³-hybridized carbons (Fsp3) is 0.667. The standard InChI is InChI=1S/C6H11NO3/c1-3-10-6(9)5(8)4-7-2/h7H,3-4H2,1-2H3. The van der Waals surface area contributed by atoms with Crippen LogP contribution in [-0.4, -0.2) is 32.0 Å². The van der Waals surface area contributed by atoms with E-state index in [1.54, 1.807) is 14.0 Å². The number of esters is 1. The molecule has 0 aliphatic heterocycles. The van der Waals surface area contributed by atoms with Crippen molar-refractivity contribution in [1.82, 2.24) is 5.32 Å². The van der Waals surface area contributed by atoms with Crippen molar-refractivity contribution < 1.29 is 14.3 Å². The zero-order chi connectivity index (χ0) is 7.98. The van der Waals surface area contributed by atoms with Crippen LogP contribution in [0.5, 0.6) is 0 Å². The van der Waals surface area contributed by atoms with E-state index in [1.165, 1.54) is 0 Å². The van der Waals surface area contributed by atoms with E-state index in [0.717, 1.165) is 0 Å². The van der Waals surface area contributed by atoms with Gasteiger partial charge in [0, 0.05) is 0 Å². The van der Waals surface area contributed by atoms with E-state index < -0.39 is 11.8 Å². The SMILES string of the molecule is CCOC(=O)C(=O)CNC. The number of ketones is 1. The van der Waals surface area contributed by atoms with Gasteiger partial charge >= 0.3 is 5.97 Å². The van der Waals surface area contributed by atoms with Crippen LogP contribution in [0.3, 0.4) is 0 Å². The molecule has 58 valence electrons. The van der Waals surface area contributed by atoms with Gasteiger partial charge in [-0.3, -0.25) is 4.79 Å². The van der Waals surface area contributed by atoms with E-state index in [2.05, 4.69) is 10.1 Å². The summed E-state index contributed by atoms with van der Waals surface area (Å²) >= 11 is 0. The molecule has 0 aliphatic carbocycles. The lowest BCUT2D eigenvalue weighted by atomic mass is 10.4. The summed E-state index contributed by atoms with van der Waals surface area (Å²) in [5.41, 5.74) is 0. The molecule has 0 spiro atoms. The molecule has 0 aromatic heterocycles. The average Bonchev–Trinajstić information content (AvgIpc) is 1.89. The van der Waals surface area contributed by atoms with Gasteiger partial charge in [0.05, 0.1) is 13.2 Å². The Kier molecular flexibility index (Phi) is 4.49. The van der Waals surface area contributed by atoms with Gasteiger partial charge in [-0.15, -0.1) is 0 Å². The Labute approximate surface area is 59.6 Å². The summed E-state index contributed by atoms with van der Waals surface area (Å²) in [6.45, 7) is 1.94. The van der Waals surface area contributed by atoms with Crippen LogP contribution >= 0.6 is 0 Å². The summed E-state index contributed by atoms with van der Waals surface area (Å²) in [5, 5.41) is 2.56. The van der Waals surface area contributed by atoms with Gasteiger partial charge in [-0.25, -0.2) is 4.79 Å². The first-order valence-corrected chi connectivity index (χ1v) is 3.07. The van der Waals surface area contributed by atoms with Crippen LogP contribution in [0.4, 0.5) is 0 Å². The molecule has 1 N–H and O–H groups in total. The molecule has 0 aliphatic rings. The van der Waals surface area contributed by atoms with E-state index in [9.17, 15) is 9.59 Å². The van der Waals surface area contributed by atoms with E-state index in [4.69, 9.17) is 0 Å². The second-order valence-electron chi connectivity index (χ2n) is 1.67. The first kappa shape index (κ1) is 9.10. The van der Waals surface area contributed by atoms with Crippen LogP contribution in [0.1, 0.15) is 6.92 Å². The summed E-state index contributed by atoms with van der Waals surface area (Å²) in [4.78, 5) is 21.1. The monoisotopic (exact) mass is 145 g/mol. The molecule has 0 unspecified atom stereocenters. The molecule has 4 heteroatoms. The molecule has 0 radical (unpaired) electrons. The van der Waals surface area contributed by atoms with Gasteiger partial charge in [0.15, 0.2) is 0 Å². The van der Waals surface area contributed by atoms with E-state index in [1.807, 2.05) is 0 Å².